The van der Waals surface area contributed by atoms with E-state index in [9.17, 15) is 4.39 Å². The molecule has 1 aromatic carbocycles. The summed E-state index contributed by atoms with van der Waals surface area (Å²) in [6.07, 6.45) is 0.0472. The van der Waals surface area contributed by atoms with Gasteiger partial charge >= 0.3 is 0 Å². The molecule has 0 aromatic heterocycles. The van der Waals surface area contributed by atoms with Gasteiger partial charge in [-0.15, -0.1) is 0 Å². The van der Waals surface area contributed by atoms with Gasteiger partial charge in [0.05, 0.1) is 17.7 Å². The molecule has 1 atom stereocenters. The fourth-order valence-corrected chi connectivity index (χ4v) is 2.17. The molecule has 3 nitrogen and oxygen atoms in total. The lowest BCUT2D eigenvalue weighted by Gasteiger charge is -2.32. The van der Waals surface area contributed by atoms with Gasteiger partial charge in [-0.1, -0.05) is 23.7 Å². The maximum atomic E-state index is 13.7. The minimum atomic E-state index is -0.329. The Morgan fingerprint density at radius 2 is 2.35 bits per heavy atom. The first kappa shape index (κ1) is 12.8. The third kappa shape index (κ3) is 3.16. The van der Waals surface area contributed by atoms with Crippen LogP contribution in [0.1, 0.15) is 5.56 Å². The Bertz CT molecular complexity index is 389. The van der Waals surface area contributed by atoms with Crippen LogP contribution < -0.4 is 5.73 Å². The van der Waals surface area contributed by atoms with E-state index < -0.39 is 0 Å². The van der Waals surface area contributed by atoms with Gasteiger partial charge in [0, 0.05) is 31.7 Å². The smallest absolute Gasteiger partial charge is 0.146 e. The van der Waals surface area contributed by atoms with E-state index in [4.69, 9.17) is 22.1 Å². The van der Waals surface area contributed by atoms with E-state index in [1.807, 2.05) is 0 Å². The molecule has 1 heterocycles. The summed E-state index contributed by atoms with van der Waals surface area (Å²) in [4.78, 5) is 2.13. The van der Waals surface area contributed by atoms with E-state index in [0.717, 1.165) is 13.1 Å². The highest BCUT2D eigenvalue weighted by Crippen LogP contribution is 2.20. The maximum Gasteiger partial charge on any atom is 0.146 e. The minimum Gasteiger partial charge on any atom is -0.374 e. The van der Waals surface area contributed by atoms with Crippen LogP contribution in [0.25, 0.3) is 0 Å². The molecule has 1 saturated heterocycles. The summed E-state index contributed by atoms with van der Waals surface area (Å²) in [5, 5.41) is 0.172. The molecule has 0 spiro atoms. The van der Waals surface area contributed by atoms with Gasteiger partial charge in [0.1, 0.15) is 5.82 Å². The summed E-state index contributed by atoms with van der Waals surface area (Å²) in [6.45, 7) is 3.22. The van der Waals surface area contributed by atoms with Crippen LogP contribution >= 0.6 is 11.6 Å². The molecule has 1 unspecified atom stereocenters. The van der Waals surface area contributed by atoms with Crippen LogP contribution in [-0.4, -0.2) is 37.2 Å². The van der Waals surface area contributed by atoms with Crippen LogP contribution in [0.5, 0.6) is 0 Å². The van der Waals surface area contributed by atoms with E-state index in [0.29, 0.717) is 25.3 Å². The van der Waals surface area contributed by atoms with Crippen molar-refractivity contribution in [2.24, 2.45) is 5.73 Å². The summed E-state index contributed by atoms with van der Waals surface area (Å²) in [7, 11) is 0. The predicted octanol–water partition coefficient (Wildman–Crippen LogP) is 1.64. The summed E-state index contributed by atoms with van der Waals surface area (Å²) >= 11 is 5.75. The van der Waals surface area contributed by atoms with E-state index in [1.54, 1.807) is 18.2 Å². The second-order valence-electron chi connectivity index (χ2n) is 4.18. The number of hydrogen-bond acceptors (Lipinski definition) is 3. The van der Waals surface area contributed by atoms with Crippen molar-refractivity contribution in [3.05, 3.63) is 34.6 Å². The number of ether oxygens (including phenoxy) is 1. The Kier molecular flexibility index (Phi) is 4.34. The summed E-state index contributed by atoms with van der Waals surface area (Å²) in [6, 6.07) is 5.08. The first-order chi connectivity index (χ1) is 8.20. The summed E-state index contributed by atoms with van der Waals surface area (Å²) in [5.41, 5.74) is 6.19. The van der Waals surface area contributed by atoms with Gasteiger partial charge in [-0.05, 0) is 6.07 Å². The number of halogens is 2. The highest BCUT2D eigenvalue weighted by atomic mass is 35.5. The predicted molar refractivity (Wildman–Crippen MR) is 65.5 cm³/mol. The van der Waals surface area contributed by atoms with Crippen molar-refractivity contribution in [3.63, 3.8) is 0 Å². The molecule has 0 bridgehead atoms. The van der Waals surface area contributed by atoms with Gasteiger partial charge in [0.15, 0.2) is 0 Å². The third-order valence-corrected chi connectivity index (χ3v) is 3.20. The molecule has 2 N–H and O–H groups in total. The molecule has 1 aliphatic rings. The second-order valence-corrected chi connectivity index (χ2v) is 4.58. The van der Waals surface area contributed by atoms with Crippen molar-refractivity contribution < 1.29 is 9.13 Å². The molecule has 0 aliphatic carbocycles. The van der Waals surface area contributed by atoms with Crippen molar-refractivity contribution >= 4 is 11.6 Å². The average molecular weight is 259 g/mol. The van der Waals surface area contributed by atoms with Crippen molar-refractivity contribution in [1.82, 2.24) is 4.90 Å². The normalized spacial score (nSPS) is 21.7. The van der Waals surface area contributed by atoms with Gasteiger partial charge in [-0.25, -0.2) is 4.39 Å². The van der Waals surface area contributed by atoms with Crippen LogP contribution in [0.3, 0.4) is 0 Å². The molecule has 0 amide bonds. The van der Waals surface area contributed by atoms with Crippen molar-refractivity contribution in [2.75, 3.05) is 26.2 Å². The van der Waals surface area contributed by atoms with Crippen LogP contribution in [0.2, 0.25) is 5.02 Å². The van der Waals surface area contributed by atoms with Crippen LogP contribution in [0.4, 0.5) is 4.39 Å². The molecule has 2 rings (SSSR count). The Morgan fingerprint density at radius 1 is 1.53 bits per heavy atom. The SMILES string of the molecule is NCC1CN(Cc2cccc(Cl)c2F)CCO1. The van der Waals surface area contributed by atoms with E-state index in [1.165, 1.54) is 0 Å². The Labute approximate surface area is 105 Å². The monoisotopic (exact) mass is 258 g/mol. The van der Waals surface area contributed by atoms with E-state index in [-0.39, 0.29) is 16.9 Å². The first-order valence-corrected chi connectivity index (χ1v) is 6.05. The van der Waals surface area contributed by atoms with E-state index in [2.05, 4.69) is 4.90 Å². The van der Waals surface area contributed by atoms with Crippen LogP contribution in [0, 0.1) is 5.82 Å². The number of benzene rings is 1. The van der Waals surface area contributed by atoms with Gasteiger partial charge in [0.25, 0.3) is 0 Å². The number of nitrogens with zero attached hydrogens (tertiary/aromatic N) is 1. The molecule has 94 valence electrons. The number of rotatable bonds is 3. The number of hydrogen-bond donors (Lipinski definition) is 1. The highest BCUT2D eigenvalue weighted by Gasteiger charge is 2.20. The number of morpholine rings is 1. The van der Waals surface area contributed by atoms with Crippen LogP contribution in [-0.2, 0) is 11.3 Å². The topological polar surface area (TPSA) is 38.5 Å². The molecular formula is C12H16ClFN2O. The molecule has 1 fully saturated rings. The number of nitrogens with two attached hydrogens (primary N) is 1. The van der Waals surface area contributed by atoms with Gasteiger partial charge in [-0.3, -0.25) is 4.90 Å². The zero-order valence-corrected chi connectivity index (χ0v) is 10.3. The second kappa shape index (κ2) is 5.78. The lowest BCUT2D eigenvalue weighted by atomic mass is 10.1. The van der Waals surface area contributed by atoms with Crippen molar-refractivity contribution in [3.8, 4) is 0 Å². The van der Waals surface area contributed by atoms with Gasteiger partial charge < -0.3 is 10.5 Å². The highest BCUT2D eigenvalue weighted by molar-refractivity contribution is 6.30. The van der Waals surface area contributed by atoms with Crippen molar-refractivity contribution in [1.29, 1.82) is 0 Å². The lowest BCUT2D eigenvalue weighted by Crippen LogP contribution is -2.45. The quantitative estimate of drug-likeness (QED) is 0.896. The Morgan fingerprint density at radius 3 is 3.12 bits per heavy atom. The fourth-order valence-electron chi connectivity index (χ4n) is 1.98. The van der Waals surface area contributed by atoms with Gasteiger partial charge in [0.2, 0.25) is 0 Å². The summed E-state index contributed by atoms with van der Waals surface area (Å²) < 4.78 is 19.2. The Balaban J connectivity index is 2.02. The zero-order chi connectivity index (χ0) is 12.3. The molecule has 0 saturated carbocycles. The molecular weight excluding hydrogens is 243 g/mol. The van der Waals surface area contributed by atoms with Gasteiger partial charge in [-0.2, -0.15) is 0 Å². The standard InChI is InChI=1S/C12H16ClFN2O/c13-11-3-1-2-9(12(11)14)7-16-4-5-17-10(6-15)8-16/h1-3,10H,4-8,15H2. The molecule has 1 aromatic rings. The largest absolute Gasteiger partial charge is 0.374 e. The average Bonchev–Trinajstić information content (AvgIpc) is 2.35. The lowest BCUT2D eigenvalue weighted by molar-refractivity contribution is -0.0263. The van der Waals surface area contributed by atoms with Crippen LogP contribution in [0.15, 0.2) is 18.2 Å². The minimum absolute atomic E-state index is 0.0472. The molecule has 1 aliphatic heterocycles. The van der Waals surface area contributed by atoms with Crippen molar-refractivity contribution in [2.45, 2.75) is 12.6 Å². The molecule has 5 heteroatoms. The summed E-state index contributed by atoms with van der Waals surface area (Å²) in [5.74, 6) is -0.329. The maximum absolute atomic E-state index is 13.7. The van der Waals surface area contributed by atoms with E-state index >= 15 is 0 Å². The fraction of sp³-hybridized carbons (Fsp3) is 0.500. The molecule has 17 heavy (non-hydrogen) atoms. The molecule has 0 radical (unpaired) electrons. The zero-order valence-electron chi connectivity index (χ0n) is 9.53. The first-order valence-electron chi connectivity index (χ1n) is 5.67. The third-order valence-electron chi connectivity index (χ3n) is 2.91. The Hall–Kier alpha value is -0.680.